The average molecular weight is 375 g/mol. The van der Waals surface area contributed by atoms with Crippen LogP contribution in [0.4, 0.5) is 0 Å². The standard InChI is InChI=1S/C12H25Cl.C12H26/c1-2-3-4-5-6-7-8-9-10-11-12-13;1-3-5-7-9-11-12-10-8-6-4-2/h2-12H2,1H3;3-12H2,1-2H3. The minimum atomic E-state index is 0.844. The Balaban J connectivity index is 0. The van der Waals surface area contributed by atoms with Crippen LogP contribution >= 0.6 is 11.6 Å². The lowest BCUT2D eigenvalue weighted by molar-refractivity contribution is 0.562. The molecule has 0 spiro atoms. The molecule has 0 N–H and O–H groups in total. The van der Waals surface area contributed by atoms with Crippen molar-refractivity contribution >= 4 is 11.6 Å². The lowest BCUT2D eigenvalue weighted by atomic mass is 10.1. The molecule has 0 heterocycles. The van der Waals surface area contributed by atoms with E-state index in [-0.39, 0.29) is 0 Å². The van der Waals surface area contributed by atoms with E-state index in [1.807, 2.05) is 0 Å². The highest BCUT2D eigenvalue weighted by molar-refractivity contribution is 6.17. The SMILES string of the molecule is CCCCCCCCCCCC.CCCCCCCCCCCCCl. The van der Waals surface area contributed by atoms with Crippen LogP contribution in [0.2, 0.25) is 0 Å². The number of rotatable bonds is 19. The Morgan fingerprint density at radius 1 is 0.320 bits per heavy atom. The molecule has 0 bridgehead atoms. The van der Waals surface area contributed by atoms with Gasteiger partial charge in [0.25, 0.3) is 0 Å². The Kier molecular flexibility index (Phi) is 32.0. The highest BCUT2D eigenvalue weighted by Gasteiger charge is 1.91. The molecule has 25 heavy (non-hydrogen) atoms. The normalized spacial score (nSPS) is 10.6. The van der Waals surface area contributed by atoms with Crippen molar-refractivity contribution in [3.05, 3.63) is 0 Å². The fourth-order valence-corrected chi connectivity index (χ4v) is 3.33. The maximum absolute atomic E-state index is 5.60. The van der Waals surface area contributed by atoms with Crippen LogP contribution in [-0.4, -0.2) is 5.88 Å². The maximum Gasteiger partial charge on any atom is 0.0223 e. The summed E-state index contributed by atoms with van der Waals surface area (Å²) < 4.78 is 0. The number of unbranched alkanes of at least 4 members (excludes halogenated alkanes) is 18. The van der Waals surface area contributed by atoms with Crippen LogP contribution in [0.1, 0.15) is 149 Å². The van der Waals surface area contributed by atoms with E-state index in [4.69, 9.17) is 11.6 Å². The molecule has 0 aliphatic carbocycles. The van der Waals surface area contributed by atoms with Crippen LogP contribution in [-0.2, 0) is 0 Å². The lowest BCUT2D eigenvalue weighted by Gasteiger charge is -2.00. The summed E-state index contributed by atoms with van der Waals surface area (Å²) in [5.74, 6) is 0.844. The third kappa shape index (κ3) is 32.4. The minimum Gasteiger partial charge on any atom is -0.127 e. The second-order valence-electron chi connectivity index (χ2n) is 7.70. The Bertz CT molecular complexity index is 171. The summed E-state index contributed by atoms with van der Waals surface area (Å²) in [7, 11) is 0. The summed E-state index contributed by atoms with van der Waals surface area (Å²) in [6.45, 7) is 6.83. The predicted octanol–water partition coefficient (Wildman–Crippen LogP) is 10.1. The van der Waals surface area contributed by atoms with Crippen LogP contribution in [0.25, 0.3) is 0 Å². The largest absolute Gasteiger partial charge is 0.127 e. The van der Waals surface area contributed by atoms with Gasteiger partial charge in [0.15, 0.2) is 0 Å². The smallest absolute Gasteiger partial charge is 0.0223 e. The zero-order valence-electron chi connectivity index (χ0n) is 18.2. The van der Waals surface area contributed by atoms with Crippen molar-refractivity contribution in [1.82, 2.24) is 0 Å². The highest BCUT2D eigenvalue weighted by atomic mass is 35.5. The zero-order valence-corrected chi connectivity index (χ0v) is 19.0. The van der Waals surface area contributed by atoms with E-state index in [9.17, 15) is 0 Å². The van der Waals surface area contributed by atoms with Crippen LogP contribution in [0, 0.1) is 0 Å². The van der Waals surface area contributed by atoms with Crippen molar-refractivity contribution in [1.29, 1.82) is 0 Å². The Labute approximate surface area is 166 Å². The van der Waals surface area contributed by atoms with Crippen LogP contribution < -0.4 is 0 Å². The third-order valence-corrected chi connectivity index (χ3v) is 5.21. The molecule has 0 aromatic rings. The second-order valence-corrected chi connectivity index (χ2v) is 8.08. The van der Waals surface area contributed by atoms with Crippen LogP contribution in [0.15, 0.2) is 0 Å². The maximum atomic E-state index is 5.60. The van der Waals surface area contributed by atoms with Gasteiger partial charge in [0.1, 0.15) is 0 Å². The van der Waals surface area contributed by atoms with E-state index in [1.165, 1.54) is 128 Å². The number of hydrogen-bond acceptors (Lipinski definition) is 0. The fraction of sp³-hybridized carbons (Fsp3) is 1.00. The average Bonchev–Trinajstić information content (AvgIpc) is 2.63. The molecule has 0 fully saturated rings. The summed E-state index contributed by atoms with van der Waals surface area (Å²) in [6, 6.07) is 0. The van der Waals surface area contributed by atoms with Gasteiger partial charge in [0.2, 0.25) is 0 Å². The summed E-state index contributed by atoms with van der Waals surface area (Å²) in [6.07, 6.45) is 28.3. The Morgan fingerprint density at radius 3 is 0.720 bits per heavy atom. The van der Waals surface area contributed by atoms with Crippen molar-refractivity contribution in [3.63, 3.8) is 0 Å². The summed E-state index contributed by atoms with van der Waals surface area (Å²) in [5, 5.41) is 0. The van der Waals surface area contributed by atoms with Crippen molar-refractivity contribution in [3.8, 4) is 0 Å². The van der Waals surface area contributed by atoms with Crippen molar-refractivity contribution in [2.75, 3.05) is 5.88 Å². The first-order chi connectivity index (χ1) is 12.3. The first-order valence-corrected chi connectivity index (χ1v) is 12.4. The molecule has 0 amide bonds. The second kappa shape index (κ2) is 29.1. The van der Waals surface area contributed by atoms with Crippen molar-refractivity contribution in [2.24, 2.45) is 0 Å². The first kappa shape index (κ1) is 27.5. The molecule has 0 aliphatic rings. The van der Waals surface area contributed by atoms with E-state index in [1.54, 1.807) is 0 Å². The summed E-state index contributed by atoms with van der Waals surface area (Å²) >= 11 is 5.60. The van der Waals surface area contributed by atoms with Crippen LogP contribution in [0.3, 0.4) is 0 Å². The third-order valence-electron chi connectivity index (χ3n) is 4.94. The van der Waals surface area contributed by atoms with Crippen molar-refractivity contribution < 1.29 is 0 Å². The van der Waals surface area contributed by atoms with E-state index in [2.05, 4.69) is 20.8 Å². The molecule has 0 saturated heterocycles. The van der Waals surface area contributed by atoms with Crippen LogP contribution in [0.5, 0.6) is 0 Å². The van der Waals surface area contributed by atoms with Crippen molar-refractivity contribution in [2.45, 2.75) is 149 Å². The molecule has 1 heteroatoms. The van der Waals surface area contributed by atoms with Gasteiger partial charge in [-0.05, 0) is 6.42 Å². The molecule has 0 rings (SSSR count). The molecule has 0 atom stereocenters. The van der Waals surface area contributed by atoms with Gasteiger partial charge in [0.05, 0.1) is 0 Å². The molecule has 0 unspecified atom stereocenters. The molecule has 0 radical (unpaired) electrons. The quantitative estimate of drug-likeness (QED) is 0.156. The molecule has 0 aromatic heterocycles. The van der Waals surface area contributed by atoms with E-state index in [0.29, 0.717) is 0 Å². The van der Waals surface area contributed by atoms with Gasteiger partial charge < -0.3 is 0 Å². The minimum absolute atomic E-state index is 0.844. The topological polar surface area (TPSA) is 0 Å². The fourth-order valence-electron chi connectivity index (χ4n) is 3.14. The number of hydrogen-bond donors (Lipinski definition) is 0. The zero-order chi connectivity index (χ0) is 18.8. The Morgan fingerprint density at radius 2 is 0.520 bits per heavy atom. The van der Waals surface area contributed by atoms with Gasteiger partial charge in [-0.1, -0.05) is 143 Å². The first-order valence-electron chi connectivity index (χ1n) is 11.9. The predicted molar refractivity (Wildman–Crippen MR) is 120 cm³/mol. The number of alkyl halides is 1. The lowest BCUT2D eigenvalue weighted by Crippen LogP contribution is -1.81. The molecule has 0 nitrogen and oxygen atoms in total. The summed E-state index contributed by atoms with van der Waals surface area (Å²) in [4.78, 5) is 0. The molecular formula is C24H51Cl. The monoisotopic (exact) mass is 374 g/mol. The van der Waals surface area contributed by atoms with Gasteiger partial charge in [-0.2, -0.15) is 0 Å². The highest BCUT2D eigenvalue weighted by Crippen LogP contribution is 2.11. The van der Waals surface area contributed by atoms with E-state index < -0.39 is 0 Å². The van der Waals surface area contributed by atoms with E-state index >= 15 is 0 Å². The molecule has 0 aromatic carbocycles. The van der Waals surface area contributed by atoms with Gasteiger partial charge in [-0.25, -0.2) is 0 Å². The summed E-state index contributed by atoms with van der Waals surface area (Å²) in [5.41, 5.74) is 0. The Hall–Kier alpha value is 0.290. The number of halogens is 1. The molecular weight excluding hydrogens is 324 g/mol. The van der Waals surface area contributed by atoms with E-state index in [0.717, 1.165) is 5.88 Å². The van der Waals surface area contributed by atoms with Gasteiger partial charge in [0, 0.05) is 5.88 Å². The van der Waals surface area contributed by atoms with Gasteiger partial charge >= 0.3 is 0 Å². The molecule has 0 saturated carbocycles. The van der Waals surface area contributed by atoms with Gasteiger partial charge in [-0.15, -0.1) is 11.6 Å². The van der Waals surface area contributed by atoms with Gasteiger partial charge in [-0.3, -0.25) is 0 Å². The molecule has 154 valence electrons. The molecule has 0 aliphatic heterocycles.